The molecule has 1 saturated heterocycles. The van der Waals surface area contributed by atoms with Crippen molar-refractivity contribution < 1.29 is 42.1 Å². The largest absolute Gasteiger partial charge is 0.490 e. The number of amides is 2. The van der Waals surface area contributed by atoms with E-state index in [9.17, 15) is 33.0 Å². The van der Waals surface area contributed by atoms with Crippen molar-refractivity contribution in [1.29, 1.82) is 0 Å². The molecule has 0 bridgehead atoms. The highest BCUT2D eigenvalue weighted by molar-refractivity contribution is 5.82. The summed E-state index contributed by atoms with van der Waals surface area (Å²) in [7, 11) is 0. The summed E-state index contributed by atoms with van der Waals surface area (Å²) < 4.78 is 51.6. The van der Waals surface area contributed by atoms with E-state index in [1.165, 1.54) is 0 Å². The topological polar surface area (TPSA) is 153 Å². The fourth-order valence-corrected chi connectivity index (χ4v) is 7.26. The Labute approximate surface area is 317 Å². The van der Waals surface area contributed by atoms with E-state index < -0.39 is 54.4 Å². The summed E-state index contributed by atoms with van der Waals surface area (Å²) >= 11 is 0. The van der Waals surface area contributed by atoms with Gasteiger partial charge in [-0.15, -0.1) is 0 Å². The summed E-state index contributed by atoms with van der Waals surface area (Å²) in [4.78, 5) is 39.8. The number of rotatable bonds is 13. The van der Waals surface area contributed by atoms with E-state index in [-0.39, 0.29) is 45.0 Å². The molecule has 15 heteroatoms. The van der Waals surface area contributed by atoms with Crippen LogP contribution in [0.4, 0.5) is 13.2 Å². The Morgan fingerprint density at radius 1 is 1.04 bits per heavy atom. The van der Waals surface area contributed by atoms with Crippen molar-refractivity contribution in [3.8, 4) is 17.1 Å². The number of nitrogens with one attached hydrogen (secondary N) is 2. The lowest BCUT2D eigenvalue weighted by Gasteiger charge is -2.46. The summed E-state index contributed by atoms with van der Waals surface area (Å²) in [5.41, 5.74) is 2.31. The first-order valence-corrected chi connectivity index (χ1v) is 18.3. The van der Waals surface area contributed by atoms with Gasteiger partial charge in [0.25, 0.3) is 0 Å². The van der Waals surface area contributed by atoms with Gasteiger partial charge in [0.1, 0.15) is 31.0 Å². The summed E-state index contributed by atoms with van der Waals surface area (Å²) in [5.74, 6) is -0.554. The van der Waals surface area contributed by atoms with Crippen molar-refractivity contribution in [2.24, 2.45) is 5.92 Å². The van der Waals surface area contributed by atoms with Crippen LogP contribution < -0.4 is 15.4 Å². The number of aliphatic hydroxyl groups excluding tert-OH is 2. The molecule has 2 aromatic heterocycles. The number of aromatic nitrogens is 2. The molecule has 0 radical (unpaired) electrons. The molecule has 0 aliphatic carbocycles. The van der Waals surface area contributed by atoms with E-state index >= 15 is 0 Å². The number of aliphatic hydroxyl groups is 2. The predicted molar refractivity (Wildman–Crippen MR) is 197 cm³/mol. The van der Waals surface area contributed by atoms with Crippen LogP contribution in [0.2, 0.25) is 0 Å². The average Bonchev–Trinajstić information content (AvgIpc) is 3.67. The van der Waals surface area contributed by atoms with Crippen molar-refractivity contribution >= 4 is 11.8 Å². The van der Waals surface area contributed by atoms with Crippen LogP contribution in [0.5, 0.6) is 5.75 Å². The maximum Gasteiger partial charge on any atom is 0.405 e. The minimum absolute atomic E-state index is 0.00411. The molecule has 4 N–H and O–H groups in total. The van der Waals surface area contributed by atoms with Crippen molar-refractivity contribution in [3.63, 3.8) is 0 Å². The molecule has 0 spiro atoms. The second-order valence-electron chi connectivity index (χ2n) is 14.8. The third kappa shape index (κ3) is 9.89. The first-order chi connectivity index (χ1) is 26.2. The van der Waals surface area contributed by atoms with E-state index in [1.54, 1.807) is 47.8 Å². The molecule has 2 amide bonds. The van der Waals surface area contributed by atoms with Gasteiger partial charge in [-0.2, -0.15) is 13.2 Å². The van der Waals surface area contributed by atoms with Crippen molar-refractivity contribution in [2.75, 3.05) is 39.3 Å². The first-order valence-electron chi connectivity index (χ1n) is 18.3. The molecular weight excluding hydrogens is 717 g/mol. The van der Waals surface area contributed by atoms with E-state index in [2.05, 4.69) is 15.3 Å². The molecule has 4 heterocycles. The lowest BCUT2D eigenvalue weighted by Crippen LogP contribution is -2.63. The smallest absolute Gasteiger partial charge is 0.405 e. The summed E-state index contributed by atoms with van der Waals surface area (Å²) in [5, 5.41) is 27.4. The summed E-state index contributed by atoms with van der Waals surface area (Å²) in [6.07, 6.45) is -1.52. The third-order valence-electron chi connectivity index (χ3n) is 10.3. The second kappa shape index (κ2) is 16.9. The molecule has 5 unspecified atom stereocenters. The molecule has 12 nitrogen and oxygen atoms in total. The van der Waals surface area contributed by atoms with Gasteiger partial charge in [-0.3, -0.25) is 24.4 Å². The number of hydrogen-bond acceptors (Lipinski definition) is 10. The summed E-state index contributed by atoms with van der Waals surface area (Å²) in [6, 6.07) is 16.5. The van der Waals surface area contributed by atoms with Gasteiger partial charge in [-0.1, -0.05) is 48.5 Å². The van der Waals surface area contributed by atoms with Gasteiger partial charge in [-0.25, -0.2) is 4.98 Å². The number of carbonyl (C=O) groups is 2. The van der Waals surface area contributed by atoms with Crippen molar-refractivity contribution in [3.05, 3.63) is 102 Å². The lowest BCUT2D eigenvalue weighted by atomic mass is 9.90. The van der Waals surface area contributed by atoms with Crippen LogP contribution in [0.1, 0.15) is 48.9 Å². The molecule has 2 aliphatic heterocycles. The number of pyridine rings is 1. The van der Waals surface area contributed by atoms with Gasteiger partial charge in [0.15, 0.2) is 5.76 Å². The van der Waals surface area contributed by atoms with Gasteiger partial charge in [0.05, 0.1) is 23.9 Å². The molecule has 1 fully saturated rings. The first kappa shape index (κ1) is 39.9. The number of halogens is 3. The van der Waals surface area contributed by atoms with Crippen LogP contribution in [0.25, 0.3) is 11.3 Å². The van der Waals surface area contributed by atoms with Crippen LogP contribution in [-0.2, 0) is 21.5 Å². The van der Waals surface area contributed by atoms with Crippen molar-refractivity contribution in [1.82, 2.24) is 30.4 Å². The number of β-amino-alcohol motifs (C(OH)–C–C–N with tert-alkyl or cyclic N) is 1. The minimum Gasteiger partial charge on any atom is -0.490 e. The highest BCUT2D eigenvalue weighted by Crippen LogP contribution is 2.34. The molecule has 5 atom stereocenters. The number of para-hydroxylation sites is 1. The van der Waals surface area contributed by atoms with Gasteiger partial charge >= 0.3 is 6.18 Å². The maximum absolute atomic E-state index is 14.0. The van der Waals surface area contributed by atoms with Crippen molar-refractivity contribution in [2.45, 2.75) is 69.6 Å². The Bertz CT molecular complexity index is 1920. The van der Waals surface area contributed by atoms with E-state index in [0.717, 1.165) is 16.7 Å². The number of hydrogen-bond donors (Lipinski definition) is 4. The quantitative estimate of drug-likeness (QED) is 0.156. The molecule has 0 saturated carbocycles. The average molecular weight is 765 g/mol. The Balaban J connectivity index is 1.19. The molecule has 4 aromatic rings. The van der Waals surface area contributed by atoms with Crippen LogP contribution >= 0.6 is 0 Å². The molecule has 294 valence electrons. The molecule has 2 aromatic carbocycles. The highest BCUT2D eigenvalue weighted by Gasteiger charge is 2.43. The van der Waals surface area contributed by atoms with E-state index in [1.807, 2.05) is 67.4 Å². The van der Waals surface area contributed by atoms with E-state index in [0.29, 0.717) is 29.5 Å². The number of aryl methyl sites for hydroxylation is 1. The van der Waals surface area contributed by atoms with Crippen LogP contribution in [0.3, 0.4) is 0 Å². The van der Waals surface area contributed by atoms with E-state index in [4.69, 9.17) is 9.15 Å². The van der Waals surface area contributed by atoms with Gasteiger partial charge in [0, 0.05) is 55.6 Å². The Kier molecular flexibility index (Phi) is 12.2. The maximum atomic E-state index is 14.0. The zero-order valence-corrected chi connectivity index (χ0v) is 31.0. The highest BCUT2D eigenvalue weighted by atomic mass is 19.4. The number of carbonyl (C=O) groups excluding carboxylic acids is 2. The Morgan fingerprint density at radius 2 is 1.78 bits per heavy atom. The number of oxazole rings is 1. The van der Waals surface area contributed by atoms with Gasteiger partial charge in [0.2, 0.25) is 17.7 Å². The normalized spacial score (nSPS) is 20.5. The minimum atomic E-state index is -4.62. The molecule has 6 rings (SSSR count). The number of nitrogens with zero attached hydrogens (tertiary/aromatic N) is 4. The number of piperazine rings is 1. The fourth-order valence-electron chi connectivity index (χ4n) is 7.26. The Morgan fingerprint density at radius 3 is 2.53 bits per heavy atom. The standard InChI is InChI=1S/C40H47F3N6O6/c1-25-15-28(19-44-18-25)34-20-45-38(55-34)39(2,3)49-14-13-48(31(22-49)37(53)46-24-40(41,42)43)21-29(50)17-27(16-26-9-5-4-6-10-26)36(52)47-35-30-11-7-8-12-33(30)54-23-32(35)51/h4-12,15,18-20,27,29,31-32,35,50-51H,13-14,16-17,21-24H2,1-3H3,(H,46,53)(H,47,52). The van der Waals surface area contributed by atoms with Crippen LogP contribution in [0.15, 0.2) is 83.7 Å². The zero-order valence-electron chi connectivity index (χ0n) is 31.0. The van der Waals surface area contributed by atoms with Gasteiger partial charge in [-0.05, 0) is 56.9 Å². The zero-order chi connectivity index (χ0) is 39.3. The Hall–Kier alpha value is -4.83. The number of benzene rings is 2. The molecule has 2 aliphatic rings. The lowest BCUT2D eigenvalue weighted by molar-refractivity contribution is -0.144. The number of alkyl halides is 3. The summed E-state index contributed by atoms with van der Waals surface area (Å²) in [6.45, 7) is 4.67. The number of ether oxygens (including phenoxy) is 1. The monoisotopic (exact) mass is 764 g/mol. The SMILES string of the molecule is Cc1cncc(-c2cnc(C(C)(C)N3CCN(CC(O)CC(Cc4ccccc4)C(=O)NC4c5ccccc5OCC4O)C(C(=O)NCC(F)(F)F)C3)o2)c1. The van der Waals surface area contributed by atoms with Crippen LogP contribution in [0, 0.1) is 12.8 Å². The second-order valence-corrected chi connectivity index (χ2v) is 14.8. The number of fused-ring (bicyclic) bond motifs is 1. The predicted octanol–water partition coefficient (Wildman–Crippen LogP) is 4.17. The fraction of sp³-hybridized carbons (Fsp3) is 0.450. The third-order valence-corrected chi connectivity index (χ3v) is 10.3. The van der Waals surface area contributed by atoms with Crippen LogP contribution in [-0.4, -0.2) is 106 Å². The molecule has 55 heavy (non-hydrogen) atoms. The molecular formula is C40H47F3N6O6. The van der Waals surface area contributed by atoms with Gasteiger partial charge < -0.3 is 30.0 Å².